The summed E-state index contributed by atoms with van der Waals surface area (Å²) in [5.74, 6) is -1.99. The lowest BCUT2D eigenvalue weighted by molar-refractivity contribution is -0.147. The number of allylic oxidation sites excluding steroid dienone is 1. The van der Waals surface area contributed by atoms with E-state index in [-0.39, 0.29) is 6.54 Å². The molecular formula is C16H16N2O5. The molecule has 2 rings (SSSR count). The second kappa shape index (κ2) is 6.87. The molecule has 1 heterocycles. The van der Waals surface area contributed by atoms with Crippen molar-refractivity contribution in [1.82, 2.24) is 9.80 Å². The highest BCUT2D eigenvalue weighted by atomic mass is 16.5. The van der Waals surface area contributed by atoms with Crippen LogP contribution >= 0.6 is 0 Å². The number of carbonyl (C=O) groups is 4. The van der Waals surface area contributed by atoms with Gasteiger partial charge in [-0.1, -0.05) is 24.3 Å². The van der Waals surface area contributed by atoms with Crippen molar-refractivity contribution in [3.63, 3.8) is 0 Å². The monoisotopic (exact) mass is 316 g/mol. The minimum absolute atomic E-state index is 0.234. The van der Waals surface area contributed by atoms with Crippen molar-refractivity contribution in [2.75, 3.05) is 13.7 Å². The van der Waals surface area contributed by atoms with Crippen molar-refractivity contribution >= 4 is 23.8 Å². The zero-order chi connectivity index (χ0) is 17.0. The summed E-state index contributed by atoms with van der Waals surface area (Å²) >= 11 is 0. The second-order valence-corrected chi connectivity index (χ2v) is 4.81. The summed E-state index contributed by atoms with van der Waals surface area (Å²) in [5, 5.41) is 0. The summed E-state index contributed by atoms with van der Waals surface area (Å²) < 4.78 is 4.63. The molecule has 120 valence electrons. The number of hydrogen-bond donors (Lipinski definition) is 0. The zero-order valence-electron chi connectivity index (χ0n) is 12.8. The molecule has 0 saturated carbocycles. The van der Waals surface area contributed by atoms with Crippen LogP contribution in [0.5, 0.6) is 0 Å². The minimum Gasteiger partial charge on any atom is -0.467 e. The summed E-state index contributed by atoms with van der Waals surface area (Å²) in [6.45, 7) is 1.38. The Balaban J connectivity index is 2.33. The molecule has 0 unspecified atom stereocenters. The quantitative estimate of drug-likeness (QED) is 0.618. The molecule has 0 aromatic heterocycles. The topological polar surface area (TPSA) is 84.0 Å². The highest BCUT2D eigenvalue weighted by Gasteiger charge is 2.47. The molecule has 0 spiro atoms. The first-order chi connectivity index (χ1) is 11.0. The van der Waals surface area contributed by atoms with Crippen molar-refractivity contribution in [3.05, 3.63) is 48.0 Å². The van der Waals surface area contributed by atoms with Gasteiger partial charge >= 0.3 is 12.0 Å². The third kappa shape index (κ3) is 3.13. The van der Waals surface area contributed by atoms with Gasteiger partial charge in [0, 0.05) is 5.56 Å². The summed E-state index contributed by atoms with van der Waals surface area (Å²) in [5.41, 5.74) is 0.296. The molecule has 1 aliphatic heterocycles. The highest BCUT2D eigenvalue weighted by Crippen LogP contribution is 2.20. The number of esters is 1. The fourth-order valence-corrected chi connectivity index (χ4v) is 2.29. The van der Waals surface area contributed by atoms with E-state index in [2.05, 4.69) is 4.74 Å². The molecule has 0 radical (unpaired) electrons. The molecule has 1 atom stereocenters. The summed E-state index contributed by atoms with van der Waals surface area (Å²) in [6, 6.07) is 6.18. The Hall–Kier alpha value is -2.96. The first-order valence-electron chi connectivity index (χ1n) is 6.95. The van der Waals surface area contributed by atoms with Crippen LogP contribution in [0.1, 0.15) is 17.3 Å². The van der Waals surface area contributed by atoms with Crippen molar-refractivity contribution in [2.45, 2.75) is 13.0 Å². The lowest BCUT2D eigenvalue weighted by Gasteiger charge is -2.17. The van der Waals surface area contributed by atoms with E-state index >= 15 is 0 Å². The van der Waals surface area contributed by atoms with Crippen LogP contribution in [0.2, 0.25) is 0 Å². The number of carbonyl (C=O) groups excluding carboxylic acids is 4. The molecule has 0 aliphatic carbocycles. The molecule has 4 amide bonds. The van der Waals surface area contributed by atoms with Crippen LogP contribution in [-0.4, -0.2) is 53.3 Å². The van der Waals surface area contributed by atoms with Crippen molar-refractivity contribution in [2.24, 2.45) is 0 Å². The van der Waals surface area contributed by atoms with Crippen LogP contribution in [0.4, 0.5) is 4.79 Å². The third-order valence-corrected chi connectivity index (χ3v) is 3.39. The fraction of sp³-hybridized carbons (Fsp3) is 0.250. The van der Waals surface area contributed by atoms with Gasteiger partial charge in [0.05, 0.1) is 13.7 Å². The largest absolute Gasteiger partial charge is 0.467 e. The van der Waals surface area contributed by atoms with Gasteiger partial charge in [0.15, 0.2) is 6.04 Å². The molecule has 1 saturated heterocycles. The second-order valence-electron chi connectivity index (χ2n) is 4.81. The molecule has 0 N–H and O–H groups in total. The fourth-order valence-electron chi connectivity index (χ4n) is 2.29. The predicted molar refractivity (Wildman–Crippen MR) is 80.3 cm³/mol. The number of methoxy groups -OCH3 is 1. The molecule has 7 heteroatoms. The van der Waals surface area contributed by atoms with E-state index in [0.29, 0.717) is 5.56 Å². The first-order valence-corrected chi connectivity index (χ1v) is 6.95. The van der Waals surface area contributed by atoms with Gasteiger partial charge in [0.25, 0.3) is 11.8 Å². The maximum Gasteiger partial charge on any atom is 0.334 e. The van der Waals surface area contributed by atoms with E-state index in [1.807, 2.05) is 0 Å². The number of imide groups is 2. The smallest absolute Gasteiger partial charge is 0.334 e. The van der Waals surface area contributed by atoms with E-state index in [1.54, 1.807) is 37.3 Å². The Bertz CT molecular complexity index is 668. The van der Waals surface area contributed by atoms with Gasteiger partial charge in [-0.05, 0) is 25.1 Å². The minimum atomic E-state index is -1.15. The number of rotatable bonds is 3. The molecule has 0 bridgehead atoms. The Morgan fingerprint density at radius 2 is 1.87 bits per heavy atom. The first kappa shape index (κ1) is 16.4. The van der Waals surface area contributed by atoms with E-state index in [9.17, 15) is 19.2 Å². The summed E-state index contributed by atoms with van der Waals surface area (Å²) in [4.78, 5) is 50.4. The maximum atomic E-state index is 12.4. The van der Waals surface area contributed by atoms with Crippen LogP contribution in [-0.2, 0) is 14.3 Å². The Morgan fingerprint density at radius 3 is 2.43 bits per heavy atom. The lowest BCUT2D eigenvalue weighted by Crippen LogP contribution is -2.43. The molecule has 1 fully saturated rings. The van der Waals surface area contributed by atoms with Crippen LogP contribution in [0, 0.1) is 0 Å². The predicted octanol–water partition coefficient (Wildman–Crippen LogP) is 1.21. The molecular weight excluding hydrogens is 300 g/mol. The number of ether oxygens (including phenoxy) is 1. The van der Waals surface area contributed by atoms with E-state index in [4.69, 9.17) is 0 Å². The Kier molecular flexibility index (Phi) is 4.90. The molecule has 1 aromatic carbocycles. The Labute approximate surface area is 133 Å². The van der Waals surface area contributed by atoms with Crippen molar-refractivity contribution < 1.29 is 23.9 Å². The molecule has 23 heavy (non-hydrogen) atoms. The SMILES string of the molecule is C/C=C/C(=O)N1C(=O)N(C(=O)c2ccccc2)C[C@H]1C(=O)OC. The summed E-state index contributed by atoms with van der Waals surface area (Å²) in [6.07, 6.45) is 2.61. The normalized spacial score (nSPS) is 17.7. The zero-order valence-corrected chi connectivity index (χ0v) is 12.8. The molecule has 1 aromatic rings. The average Bonchev–Trinajstić information content (AvgIpc) is 2.92. The number of amides is 4. The van der Waals surface area contributed by atoms with Gasteiger partial charge in [-0.2, -0.15) is 0 Å². The number of benzene rings is 1. The van der Waals surface area contributed by atoms with E-state index in [0.717, 1.165) is 23.0 Å². The van der Waals surface area contributed by atoms with Crippen LogP contribution in [0.15, 0.2) is 42.5 Å². The van der Waals surface area contributed by atoms with Gasteiger partial charge in [-0.3, -0.25) is 14.5 Å². The van der Waals surface area contributed by atoms with Crippen molar-refractivity contribution in [3.8, 4) is 0 Å². The average molecular weight is 316 g/mol. The van der Waals surface area contributed by atoms with Crippen LogP contribution in [0.3, 0.4) is 0 Å². The van der Waals surface area contributed by atoms with E-state index < -0.39 is 29.9 Å². The van der Waals surface area contributed by atoms with Gasteiger partial charge in [0.2, 0.25) is 0 Å². The maximum absolute atomic E-state index is 12.4. The third-order valence-electron chi connectivity index (χ3n) is 3.39. The van der Waals surface area contributed by atoms with Gasteiger partial charge < -0.3 is 4.74 Å². The van der Waals surface area contributed by atoms with Gasteiger partial charge in [-0.25, -0.2) is 14.5 Å². The highest BCUT2D eigenvalue weighted by molar-refractivity contribution is 6.13. The molecule has 1 aliphatic rings. The van der Waals surface area contributed by atoms with Gasteiger partial charge in [0.1, 0.15) is 0 Å². The Morgan fingerprint density at radius 1 is 1.22 bits per heavy atom. The van der Waals surface area contributed by atoms with Crippen molar-refractivity contribution in [1.29, 1.82) is 0 Å². The van der Waals surface area contributed by atoms with E-state index in [1.165, 1.54) is 6.08 Å². The number of urea groups is 1. The summed E-state index contributed by atoms with van der Waals surface area (Å²) in [7, 11) is 1.16. The lowest BCUT2D eigenvalue weighted by atomic mass is 10.2. The number of hydrogen-bond acceptors (Lipinski definition) is 5. The van der Waals surface area contributed by atoms with Gasteiger partial charge in [-0.15, -0.1) is 0 Å². The number of nitrogens with zero attached hydrogens (tertiary/aromatic N) is 2. The standard InChI is InChI=1S/C16H16N2O5/c1-3-7-13(19)18-12(15(21)23-2)10-17(16(18)22)14(20)11-8-5-4-6-9-11/h3-9,12H,10H2,1-2H3/b7-3+/t12-/m0/s1. The van der Waals surface area contributed by atoms with Crippen LogP contribution < -0.4 is 0 Å². The van der Waals surface area contributed by atoms with Crippen LogP contribution in [0.25, 0.3) is 0 Å². The molecule has 7 nitrogen and oxygen atoms in total.